The molecule has 3 heterocycles. The summed E-state index contributed by atoms with van der Waals surface area (Å²) in [6.45, 7) is 6.29. The molecule has 11 heteroatoms. The second-order valence-corrected chi connectivity index (χ2v) is 10.6. The van der Waals surface area contributed by atoms with Crippen LogP contribution >= 0.6 is 12.2 Å². The number of nitrogens with one attached hydrogen (secondary N) is 2. The average Bonchev–Trinajstić information content (AvgIpc) is 3.47. The first-order valence-electron chi connectivity index (χ1n) is 13.5. The monoisotopic (exact) mass is 584 g/mol. The number of nitro groups is 1. The summed E-state index contributed by atoms with van der Waals surface area (Å²) in [5.74, 6) is 0.397. The van der Waals surface area contributed by atoms with Gasteiger partial charge in [-0.05, 0) is 75.0 Å². The summed E-state index contributed by atoms with van der Waals surface area (Å²) in [5, 5.41) is 18.5. The number of non-ortho nitro benzene ring substituents is 1. The number of methoxy groups -OCH3 is 1. The third-order valence-corrected chi connectivity index (χ3v) is 7.87. The molecule has 1 amide bonds. The van der Waals surface area contributed by atoms with Gasteiger partial charge in [0.15, 0.2) is 5.11 Å². The molecule has 1 saturated heterocycles. The van der Waals surface area contributed by atoms with Gasteiger partial charge in [0.25, 0.3) is 5.69 Å². The van der Waals surface area contributed by atoms with Crippen molar-refractivity contribution >= 4 is 34.6 Å². The lowest BCUT2D eigenvalue weighted by Gasteiger charge is -2.28. The predicted octanol–water partition coefficient (Wildman–Crippen LogP) is 5.72. The SMILES string of the molecule is COc1ccc([N+](=O)[O-])cc1-n1c(C)cc([C@@H]2[C@H](c3ccccn3)NC(=S)N2CCC(=O)Nc2ccc(C)cc2)c1C. The first kappa shape index (κ1) is 28.7. The van der Waals surface area contributed by atoms with Crippen LogP contribution in [0.25, 0.3) is 5.69 Å². The van der Waals surface area contributed by atoms with Gasteiger partial charge in [0, 0.05) is 48.4 Å². The lowest BCUT2D eigenvalue weighted by Crippen LogP contribution is -2.32. The van der Waals surface area contributed by atoms with E-state index in [4.69, 9.17) is 17.0 Å². The fourth-order valence-corrected chi connectivity index (χ4v) is 5.82. The van der Waals surface area contributed by atoms with Crippen LogP contribution in [0.3, 0.4) is 0 Å². The van der Waals surface area contributed by atoms with E-state index in [1.807, 2.05) is 72.7 Å². The normalized spacial score (nSPS) is 16.3. The topological polar surface area (TPSA) is 115 Å². The van der Waals surface area contributed by atoms with Crippen LogP contribution in [0, 0.1) is 30.9 Å². The predicted molar refractivity (Wildman–Crippen MR) is 165 cm³/mol. The van der Waals surface area contributed by atoms with Crippen molar-refractivity contribution < 1.29 is 14.5 Å². The molecule has 5 rings (SSSR count). The minimum Gasteiger partial charge on any atom is -0.495 e. The zero-order valence-corrected chi connectivity index (χ0v) is 24.6. The summed E-state index contributed by atoms with van der Waals surface area (Å²) in [5.41, 5.74) is 5.91. The van der Waals surface area contributed by atoms with E-state index in [1.54, 1.807) is 19.4 Å². The van der Waals surface area contributed by atoms with E-state index < -0.39 is 4.92 Å². The summed E-state index contributed by atoms with van der Waals surface area (Å²) in [6.07, 6.45) is 1.96. The number of amides is 1. The third-order valence-electron chi connectivity index (χ3n) is 7.52. The number of anilines is 1. The Kier molecular flexibility index (Phi) is 8.21. The average molecular weight is 585 g/mol. The van der Waals surface area contributed by atoms with E-state index in [9.17, 15) is 14.9 Å². The Labute approximate surface area is 249 Å². The minimum atomic E-state index is -0.419. The van der Waals surface area contributed by atoms with E-state index in [2.05, 4.69) is 21.7 Å². The number of rotatable bonds is 9. The van der Waals surface area contributed by atoms with Gasteiger partial charge in [0.1, 0.15) is 5.75 Å². The van der Waals surface area contributed by atoms with Gasteiger partial charge in [-0.15, -0.1) is 0 Å². The lowest BCUT2D eigenvalue weighted by molar-refractivity contribution is -0.384. The lowest BCUT2D eigenvalue weighted by atomic mass is 9.96. The molecule has 0 saturated carbocycles. The van der Waals surface area contributed by atoms with Crippen LogP contribution < -0.4 is 15.4 Å². The maximum absolute atomic E-state index is 12.9. The molecule has 2 aromatic heterocycles. The van der Waals surface area contributed by atoms with Gasteiger partial charge >= 0.3 is 0 Å². The fourth-order valence-electron chi connectivity index (χ4n) is 5.49. The number of thiocarbonyl (C=S) groups is 1. The Morgan fingerprint density at radius 3 is 2.55 bits per heavy atom. The van der Waals surface area contributed by atoms with Gasteiger partial charge < -0.3 is 24.8 Å². The first-order chi connectivity index (χ1) is 20.2. The molecule has 10 nitrogen and oxygen atoms in total. The van der Waals surface area contributed by atoms with Gasteiger partial charge in [-0.1, -0.05) is 23.8 Å². The molecule has 216 valence electrons. The highest BCUT2D eigenvalue weighted by molar-refractivity contribution is 7.80. The molecule has 0 spiro atoms. The maximum Gasteiger partial charge on any atom is 0.271 e. The van der Waals surface area contributed by atoms with Crippen LogP contribution in [0.2, 0.25) is 0 Å². The highest BCUT2D eigenvalue weighted by Gasteiger charge is 2.41. The van der Waals surface area contributed by atoms with Gasteiger partial charge in [-0.25, -0.2) is 0 Å². The van der Waals surface area contributed by atoms with E-state index in [0.29, 0.717) is 23.1 Å². The maximum atomic E-state index is 12.9. The molecule has 0 bridgehead atoms. The van der Waals surface area contributed by atoms with Crippen molar-refractivity contribution in [3.8, 4) is 11.4 Å². The van der Waals surface area contributed by atoms with E-state index >= 15 is 0 Å². The molecule has 2 N–H and O–H groups in total. The number of carbonyl (C=O) groups is 1. The molecular weight excluding hydrogens is 552 g/mol. The number of benzene rings is 2. The Balaban J connectivity index is 1.51. The molecule has 0 unspecified atom stereocenters. The van der Waals surface area contributed by atoms with Gasteiger partial charge in [0.05, 0.1) is 35.5 Å². The van der Waals surface area contributed by atoms with E-state index in [0.717, 1.165) is 33.9 Å². The van der Waals surface area contributed by atoms with Crippen molar-refractivity contribution in [2.75, 3.05) is 19.0 Å². The van der Waals surface area contributed by atoms with Crippen LogP contribution in [-0.4, -0.2) is 44.0 Å². The second-order valence-electron chi connectivity index (χ2n) is 10.3. The van der Waals surface area contributed by atoms with Crippen molar-refractivity contribution in [1.29, 1.82) is 0 Å². The fraction of sp³-hybridized carbons (Fsp3) is 0.258. The molecule has 2 atom stereocenters. The van der Waals surface area contributed by atoms with Crippen molar-refractivity contribution in [3.63, 3.8) is 0 Å². The van der Waals surface area contributed by atoms with Crippen LogP contribution in [0.15, 0.2) is 72.9 Å². The number of nitro benzene ring substituents is 1. The number of carbonyl (C=O) groups excluding carboxylic acids is 1. The molecule has 42 heavy (non-hydrogen) atoms. The number of ether oxygens (including phenoxy) is 1. The smallest absolute Gasteiger partial charge is 0.271 e. The Bertz CT molecular complexity index is 1640. The van der Waals surface area contributed by atoms with Crippen molar-refractivity contribution in [2.24, 2.45) is 0 Å². The van der Waals surface area contributed by atoms with Crippen molar-refractivity contribution in [2.45, 2.75) is 39.3 Å². The number of hydrogen-bond donors (Lipinski definition) is 2. The van der Waals surface area contributed by atoms with Gasteiger partial charge in [-0.3, -0.25) is 19.9 Å². The standard InChI is InChI=1S/C31H32N6O4S/c1-19-8-10-22(11-9-19)33-28(38)14-16-35-30(29(34-31(35)42)25-7-5-6-15-32-25)24-17-20(2)36(21(24)3)26-18-23(37(39)40)12-13-27(26)41-4/h5-13,15,17-18,29-30H,14,16H2,1-4H3,(H,33,38)(H,34,42)/t29-,30+/m0/s1. The van der Waals surface area contributed by atoms with Crippen molar-refractivity contribution in [1.82, 2.24) is 19.8 Å². The number of hydrogen-bond acceptors (Lipinski definition) is 6. The third kappa shape index (κ3) is 5.68. The molecule has 1 aliphatic rings. The zero-order chi connectivity index (χ0) is 30.0. The summed E-state index contributed by atoms with van der Waals surface area (Å²) >= 11 is 5.81. The quantitative estimate of drug-likeness (QED) is 0.146. The Hall–Kier alpha value is -4.77. The molecule has 1 fully saturated rings. The zero-order valence-electron chi connectivity index (χ0n) is 23.8. The van der Waals surface area contributed by atoms with Crippen LogP contribution in [0.5, 0.6) is 5.75 Å². The summed E-state index contributed by atoms with van der Waals surface area (Å²) in [6, 6.07) is 19.5. The van der Waals surface area contributed by atoms with E-state index in [1.165, 1.54) is 12.1 Å². The molecule has 0 aliphatic carbocycles. The van der Waals surface area contributed by atoms with E-state index in [-0.39, 0.29) is 30.1 Å². The second kappa shape index (κ2) is 12.0. The first-order valence-corrected chi connectivity index (χ1v) is 13.9. The molecule has 0 radical (unpaired) electrons. The molecule has 1 aliphatic heterocycles. The summed E-state index contributed by atoms with van der Waals surface area (Å²) in [4.78, 5) is 30.7. The number of aromatic nitrogens is 2. The highest BCUT2D eigenvalue weighted by Crippen LogP contribution is 2.42. The van der Waals surface area contributed by atoms with Crippen LogP contribution in [0.4, 0.5) is 11.4 Å². The summed E-state index contributed by atoms with van der Waals surface area (Å²) in [7, 11) is 1.54. The molecular formula is C31H32N6O4S. The molecule has 2 aromatic carbocycles. The van der Waals surface area contributed by atoms with Crippen LogP contribution in [0.1, 0.15) is 46.7 Å². The molecule has 4 aromatic rings. The Morgan fingerprint density at radius 2 is 1.88 bits per heavy atom. The highest BCUT2D eigenvalue weighted by atomic mass is 32.1. The summed E-state index contributed by atoms with van der Waals surface area (Å²) < 4.78 is 7.55. The number of aryl methyl sites for hydroxylation is 2. The minimum absolute atomic E-state index is 0.0314. The van der Waals surface area contributed by atoms with Gasteiger partial charge in [0.2, 0.25) is 5.91 Å². The number of pyridine rings is 1. The number of nitrogens with zero attached hydrogens (tertiary/aromatic N) is 4. The largest absolute Gasteiger partial charge is 0.495 e. The van der Waals surface area contributed by atoms with Crippen molar-refractivity contribution in [3.05, 3.63) is 111 Å². The van der Waals surface area contributed by atoms with Gasteiger partial charge in [-0.2, -0.15) is 0 Å². The van der Waals surface area contributed by atoms with Crippen LogP contribution in [-0.2, 0) is 4.79 Å². The Morgan fingerprint density at radius 1 is 1.12 bits per heavy atom.